The highest BCUT2D eigenvalue weighted by Crippen LogP contribution is 2.40. The Hall–Kier alpha value is -2.76. The van der Waals surface area contributed by atoms with Crippen LogP contribution >= 0.6 is 0 Å². The number of rotatable bonds is 6. The van der Waals surface area contributed by atoms with Gasteiger partial charge in [0.1, 0.15) is 17.1 Å². The minimum absolute atomic E-state index is 0.304. The summed E-state index contributed by atoms with van der Waals surface area (Å²) in [5.74, 6) is 0.567. The molecule has 2 heterocycles. The number of carbonyl (C=O) groups is 1. The molecule has 1 unspecified atom stereocenters. The molecule has 1 aromatic carbocycles. The molecule has 1 fully saturated rings. The van der Waals surface area contributed by atoms with E-state index in [-0.39, 0.29) is 17.8 Å². The maximum atomic E-state index is 14.0. The van der Waals surface area contributed by atoms with Gasteiger partial charge >= 0.3 is 5.97 Å². The Balaban J connectivity index is 1.72. The molecule has 2 N–H and O–H groups in total. The van der Waals surface area contributed by atoms with Crippen molar-refractivity contribution >= 4 is 11.5 Å². The molecule has 1 aliphatic carbocycles. The summed E-state index contributed by atoms with van der Waals surface area (Å²) < 4.78 is 25.2. The maximum absolute atomic E-state index is 14.0. The first-order valence-electron chi connectivity index (χ1n) is 9.33. The predicted molar refractivity (Wildman–Crippen MR) is 99.6 cm³/mol. The molecule has 1 saturated carbocycles. The van der Waals surface area contributed by atoms with Crippen molar-refractivity contribution in [3.05, 3.63) is 58.8 Å². The Morgan fingerprint density at radius 3 is 2.81 bits per heavy atom. The van der Waals surface area contributed by atoms with Gasteiger partial charge in [-0.2, -0.15) is 0 Å². The number of benzene rings is 1. The zero-order valence-corrected chi connectivity index (χ0v) is 15.5. The van der Waals surface area contributed by atoms with Crippen LogP contribution in [0, 0.1) is 11.7 Å². The monoisotopic (exact) mass is 370 g/mol. The van der Waals surface area contributed by atoms with Crippen LogP contribution < -0.4 is 10.1 Å². The van der Waals surface area contributed by atoms with Crippen LogP contribution in [0.1, 0.15) is 49.6 Å². The number of fused-ring (bicyclic) bond motifs is 1. The summed E-state index contributed by atoms with van der Waals surface area (Å²) in [5.41, 5.74) is 3.45. The van der Waals surface area contributed by atoms with Crippen LogP contribution in [0.15, 0.2) is 36.2 Å². The first kappa shape index (κ1) is 17.6. The van der Waals surface area contributed by atoms with E-state index in [9.17, 15) is 9.18 Å². The Morgan fingerprint density at radius 2 is 2.07 bits per heavy atom. The third-order valence-electron chi connectivity index (χ3n) is 5.01. The minimum atomic E-state index is -0.380. The number of esters is 1. The number of hydrogen-bond acceptors (Lipinski definition) is 4. The SMILES string of the molecule is CCOC(=O)C1=C(C)NC(c2cc(F)ccc2OCC2CC2)c2cc[nH]c21. The van der Waals surface area contributed by atoms with Gasteiger partial charge in [-0.1, -0.05) is 0 Å². The lowest BCUT2D eigenvalue weighted by atomic mass is 9.91. The van der Waals surface area contributed by atoms with Crippen LogP contribution in [0.4, 0.5) is 4.39 Å². The average Bonchev–Trinajstić information content (AvgIpc) is 3.35. The summed E-state index contributed by atoms with van der Waals surface area (Å²) in [6, 6.07) is 6.18. The first-order chi connectivity index (χ1) is 13.1. The van der Waals surface area contributed by atoms with Gasteiger partial charge < -0.3 is 19.8 Å². The van der Waals surface area contributed by atoms with Gasteiger partial charge in [0.15, 0.2) is 0 Å². The summed E-state index contributed by atoms with van der Waals surface area (Å²) in [7, 11) is 0. The van der Waals surface area contributed by atoms with Crippen LogP contribution in [0.5, 0.6) is 5.75 Å². The molecule has 2 aromatic rings. The van der Waals surface area contributed by atoms with Crippen molar-refractivity contribution in [1.82, 2.24) is 10.3 Å². The number of halogens is 1. The lowest BCUT2D eigenvalue weighted by molar-refractivity contribution is -0.136. The molecule has 2 aliphatic rings. The number of carbonyl (C=O) groups excluding carboxylic acids is 1. The number of aromatic nitrogens is 1. The van der Waals surface area contributed by atoms with Crippen molar-refractivity contribution in [2.45, 2.75) is 32.7 Å². The Kier molecular flexibility index (Phi) is 4.64. The lowest BCUT2D eigenvalue weighted by Gasteiger charge is -2.29. The van der Waals surface area contributed by atoms with Crippen LogP contribution in [0.25, 0.3) is 5.57 Å². The Morgan fingerprint density at radius 1 is 1.26 bits per heavy atom. The van der Waals surface area contributed by atoms with E-state index in [1.165, 1.54) is 25.0 Å². The molecule has 6 heteroatoms. The summed E-state index contributed by atoms with van der Waals surface area (Å²) in [6.07, 6.45) is 4.15. The van der Waals surface area contributed by atoms with Gasteiger partial charge in [0.25, 0.3) is 0 Å². The van der Waals surface area contributed by atoms with E-state index in [0.717, 1.165) is 11.1 Å². The van der Waals surface area contributed by atoms with Gasteiger partial charge in [-0.25, -0.2) is 9.18 Å². The molecule has 1 aromatic heterocycles. The zero-order chi connectivity index (χ0) is 19.0. The third-order valence-corrected chi connectivity index (χ3v) is 5.01. The van der Waals surface area contributed by atoms with Crippen molar-refractivity contribution in [1.29, 1.82) is 0 Å². The standard InChI is InChI=1S/C21H23FN2O3/c1-3-26-21(25)18-12(2)24-19(15-8-9-23-20(15)18)16-10-14(22)6-7-17(16)27-11-13-4-5-13/h6-10,13,19,23-24H,3-5,11H2,1-2H3. The topological polar surface area (TPSA) is 63.4 Å². The van der Waals surface area contributed by atoms with Crippen molar-refractivity contribution in [3.63, 3.8) is 0 Å². The fourth-order valence-electron chi connectivity index (χ4n) is 3.46. The smallest absolute Gasteiger partial charge is 0.342 e. The van der Waals surface area contributed by atoms with Crippen LogP contribution in [0.2, 0.25) is 0 Å². The second-order valence-corrected chi connectivity index (χ2v) is 7.04. The van der Waals surface area contributed by atoms with Gasteiger partial charge in [-0.3, -0.25) is 0 Å². The highest BCUT2D eigenvalue weighted by molar-refractivity contribution is 6.17. The average molecular weight is 370 g/mol. The first-order valence-corrected chi connectivity index (χ1v) is 9.33. The molecule has 27 heavy (non-hydrogen) atoms. The van der Waals surface area contributed by atoms with E-state index >= 15 is 0 Å². The number of nitrogens with one attached hydrogen (secondary N) is 2. The van der Waals surface area contributed by atoms with Crippen LogP contribution in [-0.4, -0.2) is 24.2 Å². The van der Waals surface area contributed by atoms with E-state index in [4.69, 9.17) is 9.47 Å². The summed E-state index contributed by atoms with van der Waals surface area (Å²) in [5, 5.41) is 3.35. The van der Waals surface area contributed by atoms with E-state index in [0.29, 0.717) is 41.8 Å². The molecule has 1 atom stereocenters. The molecule has 0 radical (unpaired) electrons. The second kappa shape index (κ2) is 7.10. The maximum Gasteiger partial charge on any atom is 0.342 e. The molecular formula is C21H23FN2O3. The molecule has 0 bridgehead atoms. The van der Waals surface area contributed by atoms with Crippen molar-refractivity contribution in [3.8, 4) is 5.75 Å². The van der Waals surface area contributed by atoms with Gasteiger partial charge in [0.2, 0.25) is 0 Å². The molecule has 0 saturated heterocycles. The van der Waals surface area contributed by atoms with Crippen molar-refractivity contribution in [2.75, 3.05) is 13.2 Å². The summed E-state index contributed by atoms with van der Waals surface area (Å²) in [4.78, 5) is 15.5. The van der Waals surface area contributed by atoms with Gasteiger partial charge in [0.05, 0.1) is 24.9 Å². The largest absolute Gasteiger partial charge is 0.493 e. The molecule has 142 valence electrons. The summed E-state index contributed by atoms with van der Waals surface area (Å²) in [6.45, 7) is 4.55. The number of allylic oxidation sites excluding steroid dienone is 1. The Labute approximate surface area is 157 Å². The predicted octanol–water partition coefficient (Wildman–Crippen LogP) is 3.93. The van der Waals surface area contributed by atoms with E-state index in [1.807, 2.05) is 13.0 Å². The van der Waals surface area contributed by atoms with Crippen molar-refractivity contribution < 1.29 is 18.7 Å². The quantitative estimate of drug-likeness (QED) is 0.757. The van der Waals surface area contributed by atoms with Crippen LogP contribution in [0.3, 0.4) is 0 Å². The number of aromatic amines is 1. The normalized spacial score (nSPS) is 18.7. The fraction of sp³-hybridized carbons (Fsp3) is 0.381. The molecular weight excluding hydrogens is 347 g/mol. The van der Waals surface area contributed by atoms with E-state index in [1.54, 1.807) is 19.2 Å². The molecule has 5 nitrogen and oxygen atoms in total. The second-order valence-electron chi connectivity index (χ2n) is 7.04. The number of hydrogen-bond donors (Lipinski definition) is 2. The minimum Gasteiger partial charge on any atom is -0.493 e. The highest BCUT2D eigenvalue weighted by atomic mass is 19.1. The van der Waals surface area contributed by atoms with Gasteiger partial charge in [0, 0.05) is 23.0 Å². The van der Waals surface area contributed by atoms with Gasteiger partial charge in [-0.15, -0.1) is 0 Å². The van der Waals surface area contributed by atoms with Crippen molar-refractivity contribution in [2.24, 2.45) is 5.92 Å². The lowest BCUT2D eigenvalue weighted by Crippen LogP contribution is -2.29. The van der Waals surface area contributed by atoms with E-state index < -0.39 is 0 Å². The fourth-order valence-corrected chi connectivity index (χ4v) is 3.46. The molecule has 1 aliphatic heterocycles. The molecule has 4 rings (SSSR count). The summed E-state index contributed by atoms with van der Waals surface area (Å²) >= 11 is 0. The van der Waals surface area contributed by atoms with Gasteiger partial charge in [-0.05, 0) is 56.9 Å². The molecule has 0 spiro atoms. The van der Waals surface area contributed by atoms with Crippen LogP contribution in [-0.2, 0) is 9.53 Å². The molecule has 0 amide bonds. The van der Waals surface area contributed by atoms with E-state index in [2.05, 4.69) is 10.3 Å². The number of H-pyrrole nitrogens is 1. The third kappa shape index (κ3) is 3.44. The Bertz CT molecular complexity index is 899. The zero-order valence-electron chi connectivity index (χ0n) is 15.5. The highest BCUT2D eigenvalue weighted by Gasteiger charge is 2.33. The number of ether oxygens (including phenoxy) is 2.